The second kappa shape index (κ2) is 10.2. The number of carbonyl (C=O) groups excluding carboxylic acids is 2. The van der Waals surface area contributed by atoms with Crippen molar-refractivity contribution in [2.24, 2.45) is 5.10 Å². The van der Waals surface area contributed by atoms with Gasteiger partial charge in [0, 0.05) is 12.3 Å². The van der Waals surface area contributed by atoms with Crippen LogP contribution in [0.5, 0.6) is 5.75 Å². The smallest absolute Gasteiger partial charge is 0.428 e. The zero-order valence-corrected chi connectivity index (χ0v) is 13.7. The van der Waals surface area contributed by atoms with Gasteiger partial charge < -0.3 is 14.8 Å². The zero-order valence-electron chi connectivity index (χ0n) is 13.7. The molecule has 0 unspecified atom stereocenters. The van der Waals surface area contributed by atoms with Crippen LogP contribution in [-0.4, -0.2) is 31.4 Å². The van der Waals surface area contributed by atoms with Crippen molar-refractivity contribution < 1.29 is 19.1 Å². The molecule has 0 aliphatic carbocycles. The van der Waals surface area contributed by atoms with Gasteiger partial charge in [-0.3, -0.25) is 4.79 Å². The topological polar surface area (TPSA) is 89.0 Å². The molecule has 126 valence electrons. The third-order valence-electron chi connectivity index (χ3n) is 2.86. The standard InChI is InChI=1S/C16H23N3O4/c1-4-9-17-15(20)10-12(2)18-19-16(21)23-11-13-5-7-14(22-3)8-6-13/h5-8H,4,9-11H2,1-3H3,(H,17,20)(H,19,21)/b18-12-. The van der Waals surface area contributed by atoms with Crippen molar-refractivity contribution in [3.05, 3.63) is 29.8 Å². The molecule has 2 N–H and O–H groups in total. The Morgan fingerprint density at radius 2 is 1.91 bits per heavy atom. The molecular weight excluding hydrogens is 298 g/mol. The van der Waals surface area contributed by atoms with Crippen molar-refractivity contribution >= 4 is 17.7 Å². The lowest BCUT2D eigenvalue weighted by atomic mass is 10.2. The summed E-state index contributed by atoms with van der Waals surface area (Å²) in [5, 5.41) is 6.56. The molecule has 0 aliphatic heterocycles. The summed E-state index contributed by atoms with van der Waals surface area (Å²) in [6, 6.07) is 7.18. The molecule has 1 aromatic carbocycles. The molecule has 23 heavy (non-hydrogen) atoms. The summed E-state index contributed by atoms with van der Waals surface area (Å²) in [5.41, 5.74) is 3.59. The Labute approximate surface area is 136 Å². The third kappa shape index (κ3) is 7.85. The molecule has 0 heterocycles. The van der Waals surface area contributed by atoms with E-state index < -0.39 is 6.09 Å². The number of ether oxygens (including phenoxy) is 2. The second-order valence-corrected chi connectivity index (χ2v) is 4.91. The summed E-state index contributed by atoms with van der Waals surface area (Å²) in [6.45, 7) is 4.39. The van der Waals surface area contributed by atoms with Crippen molar-refractivity contribution in [1.29, 1.82) is 0 Å². The Morgan fingerprint density at radius 1 is 1.22 bits per heavy atom. The molecular formula is C16H23N3O4. The van der Waals surface area contributed by atoms with Crippen LogP contribution in [0.2, 0.25) is 0 Å². The number of amides is 2. The lowest BCUT2D eigenvalue weighted by molar-refractivity contribution is -0.119. The number of rotatable bonds is 8. The predicted molar refractivity (Wildman–Crippen MR) is 87.3 cm³/mol. The van der Waals surface area contributed by atoms with E-state index in [0.29, 0.717) is 12.3 Å². The summed E-state index contributed by atoms with van der Waals surface area (Å²) >= 11 is 0. The number of benzene rings is 1. The average molecular weight is 321 g/mol. The fraction of sp³-hybridized carbons (Fsp3) is 0.438. The number of nitrogens with zero attached hydrogens (tertiary/aromatic N) is 1. The lowest BCUT2D eigenvalue weighted by Gasteiger charge is -2.06. The van der Waals surface area contributed by atoms with Crippen LogP contribution in [0.4, 0.5) is 4.79 Å². The summed E-state index contributed by atoms with van der Waals surface area (Å²) in [4.78, 5) is 23.0. The van der Waals surface area contributed by atoms with Crippen LogP contribution in [0.3, 0.4) is 0 Å². The summed E-state index contributed by atoms with van der Waals surface area (Å²) in [5.74, 6) is 0.612. The Bertz CT molecular complexity index is 541. The van der Waals surface area contributed by atoms with E-state index in [4.69, 9.17) is 9.47 Å². The van der Waals surface area contributed by atoms with Gasteiger partial charge >= 0.3 is 6.09 Å². The monoisotopic (exact) mass is 321 g/mol. The van der Waals surface area contributed by atoms with Gasteiger partial charge in [0.25, 0.3) is 0 Å². The molecule has 7 nitrogen and oxygen atoms in total. The zero-order chi connectivity index (χ0) is 17.1. The van der Waals surface area contributed by atoms with Crippen LogP contribution in [0.15, 0.2) is 29.4 Å². The molecule has 1 aromatic rings. The molecule has 0 atom stereocenters. The number of hydrogen-bond donors (Lipinski definition) is 2. The van der Waals surface area contributed by atoms with Gasteiger partial charge in [0.2, 0.25) is 5.91 Å². The summed E-state index contributed by atoms with van der Waals surface area (Å²) < 4.78 is 10.1. The van der Waals surface area contributed by atoms with Crippen molar-refractivity contribution in [1.82, 2.24) is 10.7 Å². The molecule has 0 spiro atoms. The molecule has 0 radical (unpaired) electrons. The highest BCUT2D eigenvalue weighted by Gasteiger charge is 2.05. The van der Waals surface area contributed by atoms with Gasteiger partial charge in [0.05, 0.1) is 13.5 Å². The quantitative estimate of drug-likeness (QED) is 0.567. The molecule has 0 saturated carbocycles. The molecule has 0 aromatic heterocycles. The highest BCUT2D eigenvalue weighted by atomic mass is 16.6. The maximum atomic E-state index is 11.5. The third-order valence-corrected chi connectivity index (χ3v) is 2.86. The van der Waals surface area contributed by atoms with Gasteiger partial charge in [0.1, 0.15) is 12.4 Å². The van der Waals surface area contributed by atoms with E-state index in [2.05, 4.69) is 15.8 Å². The normalized spacial score (nSPS) is 10.8. The van der Waals surface area contributed by atoms with Crippen LogP contribution in [-0.2, 0) is 16.1 Å². The fourth-order valence-corrected chi connectivity index (χ4v) is 1.64. The second-order valence-electron chi connectivity index (χ2n) is 4.91. The van der Waals surface area contributed by atoms with Crippen LogP contribution in [0.1, 0.15) is 32.3 Å². The van der Waals surface area contributed by atoms with Crippen LogP contribution >= 0.6 is 0 Å². The van der Waals surface area contributed by atoms with Crippen LogP contribution in [0.25, 0.3) is 0 Å². The Balaban J connectivity index is 2.32. The van der Waals surface area contributed by atoms with Gasteiger partial charge in [-0.1, -0.05) is 19.1 Å². The van der Waals surface area contributed by atoms with Crippen LogP contribution in [0, 0.1) is 0 Å². The first-order valence-corrected chi connectivity index (χ1v) is 7.40. The highest BCUT2D eigenvalue weighted by molar-refractivity contribution is 5.99. The Hall–Kier alpha value is -2.57. The van der Waals surface area contributed by atoms with Crippen molar-refractivity contribution in [3.8, 4) is 5.75 Å². The molecule has 2 amide bonds. The number of carbonyl (C=O) groups is 2. The van der Waals surface area contributed by atoms with E-state index in [1.165, 1.54) is 0 Å². The number of methoxy groups -OCH3 is 1. The number of hydrazone groups is 1. The molecule has 7 heteroatoms. The van der Waals surface area contributed by atoms with Crippen molar-refractivity contribution in [3.63, 3.8) is 0 Å². The van der Waals surface area contributed by atoms with E-state index in [1.54, 1.807) is 38.3 Å². The highest BCUT2D eigenvalue weighted by Crippen LogP contribution is 2.11. The lowest BCUT2D eigenvalue weighted by Crippen LogP contribution is -2.27. The van der Waals surface area contributed by atoms with E-state index in [0.717, 1.165) is 17.7 Å². The summed E-state index contributed by atoms with van der Waals surface area (Å²) in [6.07, 6.45) is 0.338. The van der Waals surface area contributed by atoms with Gasteiger partial charge in [-0.2, -0.15) is 5.10 Å². The minimum Gasteiger partial charge on any atom is -0.497 e. The van der Waals surface area contributed by atoms with Crippen LogP contribution < -0.4 is 15.5 Å². The SMILES string of the molecule is CCCNC(=O)C/C(C)=N\NC(=O)OCc1ccc(OC)cc1. The van der Waals surface area contributed by atoms with E-state index in [-0.39, 0.29) is 18.9 Å². The van der Waals surface area contributed by atoms with Gasteiger partial charge in [-0.25, -0.2) is 10.2 Å². The first-order valence-electron chi connectivity index (χ1n) is 7.40. The first-order chi connectivity index (χ1) is 11.0. The molecule has 1 rings (SSSR count). The Morgan fingerprint density at radius 3 is 2.52 bits per heavy atom. The average Bonchev–Trinajstić information content (AvgIpc) is 2.56. The largest absolute Gasteiger partial charge is 0.497 e. The van der Waals surface area contributed by atoms with E-state index in [9.17, 15) is 9.59 Å². The first kappa shape index (κ1) is 18.5. The molecule has 0 bridgehead atoms. The summed E-state index contributed by atoms with van der Waals surface area (Å²) in [7, 11) is 1.59. The van der Waals surface area contributed by atoms with Gasteiger partial charge in [-0.05, 0) is 31.0 Å². The van der Waals surface area contributed by atoms with E-state index in [1.807, 2.05) is 6.92 Å². The minimum absolute atomic E-state index is 0.124. The maximum absolute atomic E-state index is 11.5. The molecule has 0 aliphatic rings. The number of hydrogen-bond acceptors (Lipinski definition) is 5. The number of nitrogens with one attached hydrogen (secondary N) is 2. The minimum atomic E-state index is -0.672. The van der Waals surface area contributed by atoms with Gasteiger partial charge in [-0.15, -0.1) is 0 Å². The van der Waals surface area contributed by atoms with Gasteiger partial charge in [0.15, 0.2) is 0 Å². The Kier molecular flexibility index (Phi) is 8.20. The fourth-order valence-electron chi connectivity index (χ4n) is 1.64. The predicted octanol–water partition coefficient (Wildman–Crippen LogP) is 2.21. The molecule has 0 fully saturated rings. The molecule has 0 saturated heterocycles. The van der Waals surface area contributed by atoms with Crippen molar-refractivity contribution in [2.75, 3.05) is 13.7 Å². The van der Waals surface area contributed by atoms with Crippen molar-refractivity contribution in [2.45, 2.75) is 33.3 Å². The maximum Gasteiger partial charge on any atom is 0.428 e. The van der Waals surface area contributed by atoms with E-state index >= 15 is 0 Å².